The lowest BCUT2D eigenvalue weighted by Crippen LogP contribution is -1.98. The SMILES string of the molecule is Cc1cccc(-c2nc(-c3ccc(F)cc3C)c3ccccc3n2)n1. The third-order valence-electron chi connectivity index (χ3n) is 4.16. The zero-order valence-electron chi connectivity index (χ0n) is 14.0. The van der Waals surface area contributed by atoms with Crippen LogP contribution in [-0.2, 0) is 0 Å². The van der Waals surface area contributed by atoms with Gasteiger partial charge in [0, 0.05) is 16.6 Å². The van der Waals surface area contributed by atoms with Crippen LogP contribution in [0.25, 0.3) is 33.7 Å². The Hall–Kier alpha value is -3.14. The maximum Gasteiger partial charge on any atom is 0.179 e. The number of para-hydroxylation sites is 1. The molecule has 0 atom stereocenters. The first-order valence-corrected chi connectivity index (χ1v) is 8.09. The summed E-state index contributed by atoms with van der Waals surface area (Å²) in [5, 5.41) is 0.939. The fourth-order valence-electron chi connectivity index (χ4n) is 2.96. The van der Waals surface area contributed by atoms with E-state index in [2.05, 4.69) is 9.97 Å². The summed E-state index contributed by atoms with van der Waals surface area (Å²) in [5.41, 5.74) is 5.01. The number of halogens is 1. The Labute approximate surface area is 145 Å². The molecule has 0 amide bonds. The Morgan fingerprint density at radius 2 is 1.64 bits per heavy atom. The molecule has 0 aliphatic carbocycles. The zero-order valence-corrected chi connectivity index (χ0v) is 14.0. The van der Waals surface area contributed by atoms with Crippen molar-refractivity contribution in [1.82, 2.24) is 15.0 Å². The number of benzene rings is 2. The summed E-state index contributed by atoms with van der Waals surface area (Å²) in [5.74, 6) is 0.321. The minimum atomic E-state index is -0.250. The lowest BCUT2D eigenvalue weighted by molar-refractivity contribution is 0.627. The normalized spacial score (nSPS) is 11.0. The molecule has 25 heavy (non-hydrogen) atoms. The molecule has 0 N–H and O–H groups in total. The predicted molar refractivity (Wildman–Crippen MR) is 97.6 cm³/mol. The van der Waals surface area contributed by atoms with Gasteiger partial charge in [0.15, 0.2) is 5.82 Å². The van der Waals surface area contributed by atoms with Gasteiger partial charge in [-0.05, 0) is 55.8 Å². The molecular formula is C21H16FN3. The van der Waals surface area contributed by atoms with Crippen LogP contribution in [0, 0.1) is 19.7 Å². The van der Waals surface area contributed by atoms with Crippen molar-refractivity contribution in [1.29, 1.82) is 0 Å². The number of rotatable bonds is 2. The van der Waals surface area contributed by atoms with E-state index in [1.54, 1.807) is 6.07 Å². The average Bonchev–Trinajstić information content (AvgIpc) is 2.61. The van der Waals surface area contributed by atoms with E-state index in [1.807, 2.05) is 56.3 Å². The molecular weight excluding hydrogens is 313 g/mol. The first-order chi connectivity index (χ1) is 12.1. The zero-order chi connectivity index (χ0) is 17.4. The lowest BCUT2D eigenvalue weighted by Gasteiger charge is -2.11. The molecule has 122 valence electrons. The fraction of sp³-hybridized carbons (Fsp3) is 0.0952. The van der Waals surface area contributed by atoms with Crippen LogP contribution in [0.1, 0.15) is 11.3 Å². The molecule has 4 heteroatoms. The van der Waals surface area contributed by atoms with Gasteiger partial charge in [-0.25, -0.2) is 19.3 Å². The van der Waals surface area contributed by atoms with Gasteiger partial charge in [0.05, 0.1) is 11.2 Å². The molecule has 3 nitrogen and oxygen atoms in total. The van der Waals surface area contributed by atoms with Crippen molar-refractivity contribution in [3.63, 3.8) is 0 Å². The molecule has 0 radical (unpaired) electrons. The summed E-state index contributed by atoms with van der Waals surface area (Å²) in [4.78, 5) is 14.0. The molecule has 2 aromatic heterocycles. The van der Waals surface area contributed by atoms with Gasteiger partial charge in [0.2, 0.25) is 0 Å². The van der Waals surface area contributed by atoms with Gasteiger partial charge in [-0.2, -0.15) is 0 Å². The van der Waals surface area contributed by atoms with Gasteiger partial charge in [-0.3, -0.25) is 0 Å². The number of fused-ring (bicyclic) bond motifs is 1. The summed E-state index contributed by atoms with van der Waals surface area (Å²) in [6.45, 7) is 3.83. The molecule has 4 rings (SSSR count). The van der Waals surface area contributed by atoms with Crippen LogP contribution < -0.4 is 0 Å². The lowest BCUT2D eigenvalue weighted by atomic mass is 10.0. The van der Waals surface area contributed by atoms with E-state index in [9.17, 15) is 4.39 Å². The van der Waals surface area contributed by atoms with Crippen molar-refractivity contribution in [3.8, 4) is 22.8 Å². The first-order valence-electron chi connectivity index (χ1n) is 8.09. The highest BCUT2D eigenvalue weighted by atomic mass is 19.1. The second-order valence-electron chi connectivity index (χ2n) is 6.04. The van der Waals surface area contributed by atoms with Crippen molar-refractivity contribution < 1.29 is 4.39 Å². The molecule has 2 heterocycles. The number of nitrogens with zero attached hydrogens (tertiary/aromatic N) is 3. The van der Waals surface area contributed by atoms with Gasteiger partial charge in [0.25, 0.3) is 0 Å². The maximum atomic E-state index is 13.5. The molecule has 0 fully saturated rings. The largest absolute Gasteiger partial charge is 0.250 e. The summed E-state index contributed by atoms with van der Waals surface area (Å²) >= 11 is 0. The predicted octanol–water partition coefficient (Wildman–Crippen LogP) is 5.11. The number of aryl methyl sites for hydroxylation is 2. The molecule has 0 aliphatic heterocycles. The monoisotopic (exact) mass is 329 g/mol. The van der Waals surface area contributed by atoms with Crippen LogP contribution in [0.5, 0.6) is 0 Å². The standard InChI is InChI=1S/C21H16FN3/c1-13-12-15(22)10-11-16(13)20-17-7-3-4-8-18(17)24-21(25-20)19-9-5-6-14(2)23-19/h3-12H,1-2H3. The van der Waals surface area contributed by atoms with Gasteiger partial charge >= 0.3 is 0 Å². The Bertz CT molecular complexity index is 1090. The topological polar surface area (TPSA) is 38.7 Å². The molecule has 4 aromatic rings. The van der Waals surface area contributed by atoms with Gasteiger partial charge in [-0.1, -0.05) is 24.3 Å². The molecule has 0 spiro atoms. The van der Waals surface area contributed by atoms with E-state index >= 15 is 0 Å². The minimum absolute atomic E-state index is 0.250. The quantitative estimate of drug-likeness (QED) is 0.512. The van der Waals surface area contributed by atoms with E-state index < -0.39 is 0 Å². The Morgan fingerprint density at radius 3 is 2.44 bits per heavy atom. The molecule has 0 aliphatic rings. The van der Waals surface area contributed by atoms with Crippen LogP contribution in [0.15, 0.2) is 60.7 Å². The third kappa shape index (κ3) is 2.87. The fourth-order valence-corrected chi connectivity index (χ4v) is 2.96. The Kier molecular flexibility index (Phi) is 3.73. The number of hydrogen-bond donors (Lipinski definition) is 0. The van der Waals surface area contributed by atoms with Crippen LogP contribution in [-0.4, -0.2) is 15.0 Å². The highest BCUT2D eigenvalue weighted by Gasteiger charge is 2.14. The Morgan fingerprint density at radius 1 is 0.800 bits per heavy atom. The van der Waals surface area contributed by atoms with Crippen molar-refractivity contribution in [2.75, 3.05) is 0 Å². The smallest absolute Gasteiger partial charge is 0.179 e. The van der Waals surface area contributed by atoms with Crippen LogP contribution >= 0.6 is 0 Å². The van der Waals surface area contributed by atoms with Crippen molar-refractivity contribution in [2.24, 2.45) is 0 Å². The van der Waals surface area contributed by atoms with E-state index in [4.69, 9.17) is 4.98 Å². The van der Waals surface area contributed by atoms with Gasteiger partial charge in [0.1, 0.15) is 11.5 Å². The Balaban J connectivity index is 2.02. The molecule has 0 saturated carbocycles. The van der Waals surface area contributed by atoms with Crippen molar-refractivity contribution in [3.05, 3.63) is 77.7 Å². The van der Waals surface area contributed by atoms with Crippen LogP contribution in [0.2, 0.25) is 0 Å². The van der Waals surface area contributed by atoms with E-state index in [0.717, 1.165) is 39.1 Å². The molecule has 0 saturated heterocycles. The van der Waals surface area contributed by atoms with Crippen molar-refractivity contribution in [2.45, 2.75) is 13.8 Å². The molecule has 2 aromatic carbocycles. The summed E-state index contributed by atoms with van der Waals surface area (Å²) in [6, 6.07) is 18.4. The molecule has 0 unspecified atom stereocenters. The third-order valence-corrected chi connectivity index (χ3v) is 4.16. The van der Waals surface area contributed by atoms with Gasteiger partial charge in [-0.15, -0.1) is 0 Å². The number of hydrogen-bond acceptors (Lipinski definition) is 3. The maximum absolute atomic E-state index is 13.5. The van der Waals surface area contributed by atoms with Gasteiger partial charge < -0.3 is 0 Å². The van der Waals surface area contributed by atoms with E-state index in [1.165, 1.54) is 12.1 Å². The highest BCUT2D eigenvalue weighted by Crippen LogP contribution is 2.30. The minimum Gasteiger partial charge on any atom is -0.250 e. The number of aromatic nitrogens is 3. The van der Waals surface area contributed by atoms with Crippen LogP contribution in [0.4, 0.5) is 4.39 Å². The summed E-state index contributed by atoms with van der Waals surface area (Å²) < 4.78 is 13.5. The average molecular weight is 329 g/mol. The highest BCUT2D eigenvalue weighted by molar-refractivity contribution is 5.94. The van der Waals surface area contributed by atoms with Crippen LogP contribution in [0.3, 0.4) is 0 Å². The van der Waals surface area contributed by atoms with E-state index in [-0.39, 0.29) is 5.82 Å². The number of pyridine rings is 1. The molecule has 0 bridgehead atoms. The first kappa shape index (κ1) is 15.4. The second-order valence-corrected chi connectivity index (χ2v) is 6.04. The summed E-state index contributed by atoms with van der Waals surface area (Å²) in [6.07, 6.45) is 0. The van der Waals surface area contributed by atoms with E-state index in [0.29, 0.717) is 5.82 Å². The summed E-state index contributed by atoms with van der Waals surface area (Å²) in [7, 11) is 0. The van der Waals surface area contributed by atoms with Crippen molar-refractivity contribution >= 4 is 10.9 Å². The second kappa shape index (κ2) is 6.06.